The number of nitrogens with one attached hydrogen (secondary N) is 1. The molecule has 0 radical (unpaired) electrons. The molecule has 5 rings (SSSR count). The molecule has 166 valence electrons. The zero-order valence-electron chi connectivity index (χ0n) is 18.0. The van der Waals surface area contributed by atoms with Crippen LogP contribution >= 0.6 is 11.6 Å². The molecule has 3 aliphatic rings. The number of carbonyl (C=O) groups is 1. The number of piperidine rings is 1. The molecule has 2 aromatic carbocycles. The third-order valence-corrected chi connectivity index (χ3v) is 7.53. The van der Waals surface area contributed by atoms with Gasteiger partial charge in [0.2, 0.25) is 0 Å². The number of hydrogen-bond donors (Lipinski definition) is 1. The minimum Gasteiger partial charge on any atom is -0.378 e. The maximum atomic E-state index is 13.1. The van der Waals surface area contributed by atoms with E-state index in [0.717, 1.165) is 54.7 Å². The van der Waals surface area contributed by atoms with Gasteiger partial charge in [0.25, 0.3) is 11.6 Å². The lowest BCUT2D eigenvalue weighted by molar-refractivity contribution is -0.384. The molecule has 1 saturated heterocycles. The largest absolute Gasteiger partial charge is 0.378 e. The predicted octanol–water partition coefficient (Wildman–Crippen LogP) is 5.95. The van der Waals surface area contributed by atoms with E-state index in [-0.39, 0.29) is 34.5 Å². The topological polar surface area (TPSA) is 75.5 Å². The number of rotatable bonds is 3. The summed E-state index contributed by atoms with van der Waals surface area (Å²) >= 11 is 6.03. The maximum Gasteiger partial charge on any atom is 0.288 e. The van der Waals surface area contributed by atoms with Crippen molar-refractivity contribution in [2.45, 2.75) is 38.1 Å². The molecule has 2 aromatic rings. The number of nitro benzene ring substituents is 1. The molecule has 6 nitrogen and oxygen atoms in total. The van der Waals surface area contributed by atoms with Crippen LogP contribution in [0.15, 0.2) is 48.6 Å². The van der Waals surface area contributed by atoms with Crippen molar-refractivity contribution in [3.63, 3.8) is 0 Å². The van der Waals surface area contributed by atoms with Gasteiger partial charge in [-0.1, -0.05) is 36.7 Å². The first kappa shape index (κ1) is 21.0. The van der Waals surface area contributed by atoms with Crippen molar-refractivity contribution >= 4 is 28.9 Å². The third-order valence-electron chi connectivity index (χ3n) is 7.21. The van der Waals surface area contributed by atoms with E-state index in [4.69, 9.17) is 11.6 Å². The van der Waals surface area contributed by atoms with Gasteiger partial charge in [-0.25, -0.2) is 0 Å². The first-order valence-electron chi connectivity index (χ1n) is 11.2. The normalized spacial score (nSPS) is 24.6. The van der Waals surface area contributed by atoms with Crippen molar-refractivity contribution in [2.24, 2.45) is 11.8 Å². The van der Waals surface area contributed by atoms with E-state index in [2.05, 4.69) is 24.4 Å². The maximum absolute atomic E-state index is 13.1. The summed E-state index contributed by atoms with van der Waals surface area (Å²) in [6, 6.07) is 10.9. The van der Waals surface area contributed by atoms with E-state index in [1.54, 1.807) is 12.1 Å². The average Bonchev–Trinajstić information content (AvgIpc) is 3.29. The van der Waals surface area contributed by atoms with Gasteiger partial charge in [0, 0.05) is 36.3 Å². The standard InChI is InChI=1S/C25H26ClN3O3/c1-15-9-11-28(12-10-15)25(30)17-6-8-22-20(13-17)18-3-2-4-19(18)24(27-22)16-5-7-21(26)23(14-16)29(31)32/h2-3,5-8,13-15,18-19,24,27H,4,9-12H2,1H3. The van der Waals surface area contributed by atoms with Crippen LogP contribution in [0.4, 0.5) is 11.4 Å². The molecule has 0 saturated carbocycles. The minimum absolute atomic E-state index is 0.0661. The number of anilines is 1. The highest BCUT2D eigenvalue weighted by atomic mass is 35.5. The van der Waals surface area contributed by atoms with E-state index in [1.807, 2.05) is 29.2 Å². The number of nitro groups is 1. The number of fused-ring (bicyclic) bond motifs is 3. The van der Waals surface area contributed by atoms with Crippen molar-refractivity contribution in [1.29, 1.82) is 0 Å². The highest BCUT2D eigenvalue weighted by Gasteiger charge is 2.39. The second kappa shape index (κ2) is 8.24. The highest BCUT2D eigenvalue weighted by molar-refractivity contribution is 6.32. The molecule has 7 heteroatoms. The zero-order chi connectivity index (χ0) is 22.4. The molecule has 1 aliphatic carbocycles. The quantitative estimate of drug-likeness (QED) is 0.355. The molecule has 0 aromatic heterocycles. The Hall–Kier alpha value is -2.86. The van der Waals surface area contributed by atoms with Crippen LogP contribution in [-0.4, -0.2) is 28.8 Å². The second-order valence-corrected chi connectivity index (χ2v) is 9.63. The fraction of sp³-hybridized carbons (Fsp3) is 0.400. The van der Waals surface area contributed by atoms with Crippen LogP contribution in [0.5, 0.6) is 0 Å². The molecule has 0 bridgehead atoms. The van der Waals surface area contributed by atoms with Gasteiger partial charge in [-0.2, -0.15) is 0 Å². The van der Waals surface area contributed by atoms with Gasteiger partial charge in [-0.05, 0) is 66.5 Å². The number of allylic oxidation sites excluding steroid dienone is 2. The molecule has 0 spiro atoms. The van der Waals surface area contributed by atoms with Gasteiger partial charge in [0.1, 0.15) is 5.02 Å². The van der Waals surface area contributed by atoms with Crippen molar-refractivity contribution in [2.75, 3.05) is 18.4 Å². The van der Waals surface area contributed by atoms with E-state index in [0.29, 0.717) is 5.92 Å². The van der Waals surface area contributed by atoms with E-state index in [9.17, 15) is 14.9 Å². The number of hydrogen-bond acceptors (Lipinski definition) is 4. The van der Waals surface area contributed by atoms with Crippen LogP contribution < -0.4 is 5.32 Å². The fourth-order valence-corrected chi connectivity index (χ4v) is 5.50. The summed E-state index contributed by atoms with van der Waals surface area (Å²) in [5.41, 5.74) is 3.62. The lowest BCUT2D eigenvalue weighted by Gasteiger charge is -2.38. The summed E-state index contributed by atoms with van der Waals surface area (Å²) < 4.78 is 0. The second-order valence-electron chi connectivity index (χ2n) is 9.22. The summed E-state index contributed by atoms with van der Waals surface area (Å²) in [7, 11) is 0. The average molecular weight is 452 g/mol. The van der Waals surface area contributed by atoms with Crippen LogP contribution in [0, 0.1) is 22.0 Å². The summed E-state index contributed by atoms with van der Waals surface area (Å²) in [6.07, 6.45) is 7.37. The molecule has 3 unspecified atom stereocenters. The van der Waals surface area contributed by atoms with E-state index in [1.165, 1.54) is 0 Å². The van der Waals surface area contributed by atoms with Gasteiger partial charge in [0.15, 0.2) is 0 Å². The molecule has 3 atom stereocenters. The summed E-state index contributed by atoms with van der Waals surface area (Å²) in [5.74, 6) is 1.18. The van der Waals surface area contributed by atoms with Crippen LogP contribution in [0.25, 0.3) is 0 Å². The zero-order valence-corrected chi connectivity index (χ0v) is 18.7. The summed E-state index contributed by atoms with van der Waals surface area (Å²) in [4.78, 5) is 26.0. The smallest absolute Gasteiger partial charge is 0.288 e. The molecule has 2 heterocycles. The summed E-state index contributed by atoms with van der Waals surface area (Å²) in [5, 5.41) is 15.1. The lowest BCUT2D eigenvalue weighted by atomic mass is 9.76. The highest BCUT2D eigenvalue weighted by Crippen LogP contribution is 2.50. The number of nitrogens with zero attached hydrogens (tertiary/aromatic N) is 2. The summed E-state index contributed by atoms with van der Waals surface area (Å²) in [6.45, 7) is 3.88. The molecule has 2 aliphatic heterocycles. The lowest BCUT2D eigenvalue weighted by Crippen LogP contribution is -2.38. The van der Waals surface area contributed by atoms with Crippen molar-refractivity contribution in [3.05, 3.63) is 80.4 Å². The number of carbonyl (C=O) groups excluding carboxylic acids is 1. The Morgan fingerprint density at radius 3 is 2.72 bits per heavy atom. The van der Waals surface area contributed by atoms with Gasteiger partial charge in [-0.3, -0.25) is 14.9 Å². The third kappa shape index (κ3) is 3.66. The first-order chi connectivity index (χ1) is 15.4. The number of amides is 1. The Morgan fingerprint density at radius 1 is 1.19 bits per heavy atom. The van der Waals surface area contributed by atoms with Crippen LogP contribution in [0.2, 0.25) is 5.02 Å². The van der Waals surface area contributed by atoms with Gasteiger partial charge < -0.3 is 10.2 Å². The van der Waals surface area contributed by atoms with E-state index >= 15 is 0 Å². The Kier molecular flexibility index (Phi) is 5.41. The van der Waals surface area contributed by atoms with E-state index < -0.39 is 4.92 Å². The van der Waals surface area contributed by atoms with Crippen molar-refractivity contribution < 1.29 is 9.72 Å². The molecular weight excluding hydrogens is 426 g/mol. The molecule has 1 fully saturated rings. The monoisotopic (exact) mass is 451 g/mol. The van der Waals surface area contributed by atoms with Crippen molar-refractivity contribution in [1.82, 2.24) is 4.90 Å². The van der Waals surface area contributed by atoms with Crippen molar-refractivity contribution in [3.8, 4) is 0 Å². The molecule has 1 N–H and O–H groups in total. The first-order valence-corrected chi connectivity index (χ1v) is 11.6. The van der Waals surface area contributed by atoms with Crippen LogP contribution in [0.1, 0.15) is 59.6 Å². The number of halogens is 1. The fourth-order valence-electron chi connectivity index (χ4n) is 5.31. The van der Waals surface area contributed by atoms with Gasteiger partial charge >= 0.3 is 0 Å². The van der Waals surface area contributed by atoms with Gasteiger partial charge in [0.05, 0.1) is 11.0 Å². The Balaban J connectivity index is 1.45. The van der Waals surface area contributed by atoms with Crippen LogP contribution in [0.3, 0.4) is 0 Å². The number of likely N-dealkylation sites (tertiary alicyclic amines) is 1. The Bertz CT molecular complexity index is 1110. The minimum atomic E-state index is -0.438. The SMILES string of the molecule is CC1CCN(C(=O)c2ccc3c(c2)C2C=CCC2C(c2ccc(Cl)c([N+](=O)[O-])c2)N3)CC1. The molecular formula is C25H26ClN3O3. The predicted molar refractivity (Wildman–Crippen MR) is 125 cm³/mol. The Labute approximate surface area is 192 Å². The van der Waals surface area contributed by atoms with Gasteiger partial charge in [-0.15, -0.1) is 0 Å². The molecule has 1 amide bonds. The molecule has 32 heavy (non-hydrogen) atoms. The number of benzene rings is 2. The Morgan fingerprint density at radius 2 is 1.97 bits per heavy atom. The van der Waals surface area contributed by atoms with Crippen LogP contribution in [-0.2, 0) is 0 Å².